The van der Waals surface area contributed by atoms with Gasteiger partial charge < -0.3 is 10.3 Å². The Bertz CT molecular complexity index is 531. The molecule has 70 valence electrons. The molecule has 0 aliphatic carbocycles. The molecule has 0 aliphatic rings. The molecule has 0 spiro atoms. The van der Waals surface area contributed by atoms with Gasteiger partial charge in [-0.1, -0.05) is 12.1 Å². The summed E-state index contributed by atoms with van der Waals surface area (Å²) in [7, 11) is 0. The lowest BCUT2D eigenvalue weighted by atomic mass is 10.2. The molecule has 2 rings (SSSR count). The highest BCUT2D eigenvalue weighted by molar-refractivity contribution is 5.94. The molecule has 2 N–H and O–H groups in total. The lowest BCUT2D eigenvalue weighted by molar-refractivity contribution is -0.105. The Labute approximate surface area is 79.6 Å². The third kappa shape index (κ3) is 1.37. The van der Waals surface area contributed by atoms with Gasteiger partial charge in [0.1, 0.15) is 0 Å². The smallest absolute Gasteiger partial charge is 0.248 e. The van der Waals surface area contributed by atoms with E-state index in [2.05, 4.69) is 10.3 Å². The van der Waals surface area contributed by atoms with Crippen LogP contribution in [0.4, 0.5) is 5.69 Å². The van der Waals surface area contributed by atoms with Gasteiger partial charge in [0.05, 0.1) is 11.2 Å². The summed E-state index contributed by atoms with van der Waals surface area (Å²) in [5.41, 5.74) is 1.07. The van der Waals surface area contributed by atoms with Gasteiger partial charge in [0.25, 0.3) is 0 Å². The average Bonchev–Trinajstić information content (AvgIpc) is 2.19. The monoisotopic (exact) mass is 188 g/mol. The van der Waals surface area contributed by atoms with Gasteiger partial charge in [-0.3, -0.25) is 9.59 Å². The SMILES string of the molecule is O=CNc1cccc2ccc(=O)[nH]c12. The second kappa shape index (κ2) is 3.33. The molecular formula is C10H8N2O2. The number of H-pyrrole nitrogens is 1. The summed E-state index contributed by atoms with van der Waals surface area (Å²) in [6.07, 6.45) is 0.583. The molecule has 0 saturated heterocycles. The summed E-state index contributed by atoms with van der Waals surface area (Å²) in [5, 5.41) is 3.41. The quantitative estimate of drug-likeness (QED) is 0.693. The van der Waals surface area contributed by atoms with E-state index >= 15 is 0 Å². The fourth-order valence-electron chi connectivity index (χ4n) is 1.36. The molecule has 1 aromatic heterocycles. The minimum Gasteiger partial charge on any atom is -0.327 e. The molecule has 1 aromatic carbocycles. The molecule has 2 aromatic rings. The summed E-state index contributed by atoms with van der Waals surface area (Å²) in [6, 6.07) is 8.57. The number of carbonyl (C=O) groups excluding carboxylic acids is 1. The molecule has 1 amide bonds. The predicted molar refractivity (Wildman–Crippen MR) is 54.3 cm³/mol. The van der Waals surface area contributed by atoms with Gasteiger partial charge in [-0.05, 0) is 12.1 Å². The van der Waals surface area contributed by atoms with E-state index in [-0.39, 0.29) is 5.56 Å². The van der Waals surface area contributed by atoms with Gasteiger partial charge in [-0.2, -0.15) is 0 Å². The molecule has 4 nitrogen and oxygen atoms in total. The van der Waals surface area contributed by atoms with Crippen LogP contribution < -0.4 is 10.9 Å². The van der Waals surface area contributed by atoms with Crippen molar-refractivity contribution in [1.82, 2.24) is 4.98 Å². The third-order valence-electron chi connectivity index (χ3n) is 1.97. The zero-order chi connectivity index (χ0) is 9.97. The van der Waals surface area contributed by atoms with Crippen molar-refractivity contribution in [1.29, 1.82) is 0 Å². The van der Waals surface area contributed by atoms with E-state index in [0.29, 0.717) is 17.6 Å². The van der Waals surface area contributed by atoms with Crippen LogP contribution >= 0.6 is 0 Å². The number of fused-ring (bicyclic) bond motifs is 1. The largest absolute Gasteiger partial charge is 0.327 e. The van der Waals surface area contributed by atoms with Gasteiger partial charge in [-0.15, -0.1) is 0 Å². The van der Waals surface area contributed by atoms with E-state index in [9.17, 15) is 9.59 Å². The van der Waals surface area contributed by atoms with Crippen molar-refractivity contribution in [2.24, 2.45) is 0 Å². The molecule has 0 radical (unpaired) electrons. The summed E-state index contributed by atoms with van der Waals surface area (Å²) >= 11 is 0. The third-order valence-corrected chi connectivity index (χ3v) is 1.97. The summed E-state index contributed by atoms with van der Waals surface area (Å²) < 4.78 is 0. The standard InChI is InChI=1S/C10H8N2O2/c13-6-11-8-3-1-2-7-4-5-9(14)12-10(7)8/h1-6H,(H,11,13)(H,12,14). The maximum Gasteiger partial charge on any atom is 0.248 e. The number of hydrogen-bond acceptors (Lipinski definition) is 2. The molecule has 0 atom stereocenters. The lowest BCUT2D eigenvalue weighted by Crippen LogP contribution is -2.04. The van der Waals surface area contributed by atoms with E-state index < -0.39 is 0 Å². The molecule has 0 bridgehead atoms. The Morgan fingerprint density at radius 2 is 2.07 bits per heavy atom. The Balaban J connectivity index is 2.76. The highest BCUT2D eigenvalue weighted by Crippen LogP contribution is 2.18. The number of rotatable bonds is 2. The molecule has 0 saturated carbocycles. The lowest BCUT2D eigenvalue weighted by Gasteiger charge is -2.03. The van der Waals surface area contributed by atoms with Gasteiger partial charge in [0.2, 0.25) is 12.0 Å². The number of hydrogen-bond donors (Lipinski definition) is 2. The van der Waals surface area contributed by atoms with Crippen molar-refractivity contribution in [3.05, 3.63) is 40.7 Å². The Kier molecular flexibility index (Phi) is 2.02. The number of benzene rings is 1. The maximum absolute atomic E-state index is 11.1. The molecule has 0 aliphatic heterocycles. The number of pyridine rings is 1. The molecule has 4 heteroatoms. The fourth-order valence-corrected chi connectivity index (χ4v) is 1.36. The van der Waals surface area contributed by atoms with Crippen LogP contribution in [-0.2, 0) is 4.79 Å². The Hall–Kier alpha value is -2.10. The molecule has 0 unspecified atom stereocenters. The molecule has 0 fully saturated rings. The first-order valence-corrected chi connectivity index (χ1v) is 4.13. The highest BCUT2D eigenvalue weighted by Gasteiger charge is 1.99. The van der Waals surface area contributed by atoms with E-state index in [1.54, 1.807) is 12.1 Å². The molecule has 14 heavy (non-hydrogen) atoms. The summed E-state index contributed by atoms with van der Waals surface area (Å²) in [5.74, 6) is 0. The number of anilines is 1. The minimum absolute atomic E-state index is 0.183. The maximum atomic E-state index is 11.1. The van der Waals surface area contributed by atoms with Crippen LogP contribution in [-0.4, -0.2) is 11.4 Å². The fraction of sp³-hybridized carbons (Fsp3) is 0. The number of nitrogens with one attached hydrogen (secondary N) is 2. The van der Waals surface area contributed by atoms with Crippen molar-refractivity contribution < 1.29 is 4.79 Å². The number of carbonyl (C=O) groups is 1. The number of amides is 1. The van der Waals surface area contributed by atoms with Crippen molar-refractivity contribution in [3.8, 4) is 0 Å². The first-order valence-electron chi connectivity index (χ1n) is 4.13. The van der Waals surface area contributed by atoms with Crippen molar-refractivity contribution >= 4 is 23.0 Å². The zero-order valence-corrected chi connectivity index (χ0v) is 7.28. The minimum atomic E-state index is -0.183. The summed E-state index contributed by atoms with van der Waals surface area (Å²) in [4.78, 5) is 24.0. The zero-order valence-electron chi connectivity index (χ0n) is 7.28. The number of para-hydroxylation sites is 1. The van der Waals surface area contributed by atoms with Crippen LogP contribution in [0.2, 0.25) is 0 Å². The van der Waals surface area contributed by atoms with Crippen LogP contribution in [0, 0.1) is 0 Å². The van der Waals surface area contributed by atoms with Crippen LogP contribution in [0.3, 0.4) is 0 Å². The topological polar surface area (TPSA) is 62.0 Å². The molecular weight excluding hydrogens is 180 g/mol. The van der Waals surface area contributed by atoms with E-state index in [4.69, 9.17) is 0 Å². The van der Waals surface area contributed by atoms with Crippen LogP contribution in [0.5, 0.6) is 0 Å². The highest BCUT2D eigenvalue weighted by atomic mass is 16.1. The van der Waals surface area contributed by atoms with Crippen molar-refractivity contribution in [2.75, 3.05) is 5.32 Å². The van der Waals surface area contributed by atoms with Gasteiger partial charge in [0, 0.05) is 11.5 Å². The van der Waals surface area contributed by atoms with Crippen LogP contribution in [0.1, 0.15) is 0 Å². The second-order valence-corrected chi connectivity index (χ2v) is 2.85. The van der Waals surface area contributed by atoms with Crippen molar-refractivity contribution in [2.45, 2.75) is 0 Å². The van der Waals surface area contributed by atoms with Crippen LogP contribution in [0.15, 0.2) is 35.1 Å². The molecule has 1 heterocycles. The normalized spacial score (nSPS) is 10.0. The predicted octanol–water partition coefficient (Wildman–Crippen LogP) is 1.10. The van der Waals surface area contributed by atoms with Gasteiger partial charge in [0.15, 0.2) is 0 Å². The van der Waals surface area contributed by atoms with E-state index in [0.717, 1.165) is 5.39 Å². The van der Waals surface area contributed by atoms with Gasteiger partial charge >= 0.3 is 0 Å². The van der Waals surface area contributed by atoms with Crippen LogP contribution in [0.25, 0.3) is 10.9 Å². The van der Waals surface area contributed by atoms with E-state index in [1.165, 1.54) is 6.07 Å². The first-order chi connectivity index (χ1) is 6.81. The van der Waals surface area contributed by atoms with Gasteiger partial charge in [-0.25, -0.2) is 0 Å². The number of aromatic amines is 1. The number of aromatic nitrogens is 1. The average molecular weight is 188 g/mol. The summed E-state index contributed by atoms with van der Waals surface area (Å²) in [6.45, 7) is 0. The Morgan fingerprint density at radius 1 is 1.21 bits per heavy atom. The first kappa shape index (κ1) is 8.50. The Morgan fingerprint density at radius 3 is 2.86 bits per heavy atom. The van der Waals surface area contributed by atoms with E-state index in [1.807, 2.05) is 12.1 Å². The van der Waals surface area contributed by atoms with Crippen molar-refractivity contribution in [3.63, 3.8) is 0 Å². The second-order valence-electron chi connectivity index (χ2n) is 2.85.